The number of H-pyrrole nitrogens is 8. The number of aromatic nitrogens is 13. The molecule has 0 spiro atoms. The van der Waals surface area contributed by atoms with Gasteiger partial charge < -0.3 is 57.3 Å². The van der Waals surface area contributed by atoms with Crippen LogP contribution in [0.2, 0.25) is 0 Å². The van der Waals surface area contributed by atoms with Gasteiger partial charge in [0, 0.05) is 151 Å². The molecule has 1 amide bonds. The summed E-state index contributed by atoms with van der Waals surface area (Å²) in [6, 6.07) is 80.6. The van der Waals surface area contributed by atoms with Crippen molar-refractivity contribution in [1.29, 1.82) is 0 Å². The molecule has 0 radical (unpaired) electrons. The lowest BCUT2D eigenvalue weighted by Gasteiger charge is -2.41. The van der Waals surface area contributed by atoms with Gasteiger partial charge in [-0.05, 0) is 120 Å². The number of para-hydroxylation sites is 1. The molecule has 20 rings (SSSR count). The summed E-state index contributed by atoms with van der Waals surface area (Å²) < 4.78 is 14.7. The van der Waals surface area contributed by atoms with Gasteiger partial charge >= 0.3 is 0 Å². The zero-order valence-corrected chi connectivity index (χ0v) is 76.9. The molecule has 4 aliphatic heterocycles. The van der Waals surface area contributed by atoms with Crippen LogP contribution in [0.25, 0.3) is 43.6 Å². The van der Waals surface area contributed by atoms with Crippen molar-refractivity contribution >= 4 is 121 Å². The van der Waals surface area contributed by atoms with Crippen LogP contribution < -0.4 is 41.7 Å². The molecule has 27 nitrogen and oxygen atoms in total. The van der Waals surface area contributed by atoms with Crippen LogP contribution in [0.5, 0.6) is 5.75 Å². The fraction of sp³-hybridized carbons (Fsp3) is 0.225. The number of carbonyl (C=O) groups excluding carboxylic acids is 2. The Morgan fingerprint density at radius 2 is 0.647 bits per heavy atom. The van der Waals surface area contributed by atoms with E-state index >= 15 is 0 Å². The van der Waals surface area contributed by atoms with Crippen molar-refractivity contribution < 1.29 is 14.3 Å². The maximum atomic E-state index is 14.0. The molecule has 9 aromatic heterocycles. The minimum Gasteiger partial charge on any atom is -0.497 e. The largest absolute Gasteiger partial charge is 0.497 e. The lowest BCUT2D eigenvalue weighted by atomic mass is 9.70. The van der Waals surface area contributed by atoms with Crippen LogP contribution in [-0.4, -0.2) is 194 Å². The highest BCUT2D eigenvalue weighted by molar-refractivity contribution is 7.72. The first kappa shape index (κ1) is 90.2. The van der Waals surface area contributed by atoms with E-state index in [9.17, 15) is 28.8 Å². The van der Waals surface area contributed by atoms with Gasteiger partial charge in [0.25, 0.3) is 22.2 Å². The van der Waals surface area contributed by atoms with E-state index in [-0.39, 0.29) is 52.1 Å². The summed E-state index contributed by atoms with van der Waals surface area (Å²) in [6.07, 6.45) is 10.5. The van der Waals surface area contributed by atoms with Crippen LogP contribution in [0.4, 0.5) is 17.2 Å². The van der Waals surface area contributed by atoms with Crippen molar-refractivity contribution in [2.45, 2.75) is 49.3 Å². The van der Waals surface area contributed by atoms with Crippen LogP contribution in [0.3, 0.4) is 0 Å². The van der Waals surface area contributed by atoms with Gasteiger partial charge in [0.05, 0.1) is 52.7 Å². The van der Waals surface area contributed by atoms with Crippen molar-refractivity contribution in [3.05, 3.63) is 404 Å². The molecule has 4 atom stereocenters. The second-order valence-corrected chi connectivity index (χ2v) is 34.8. The Bertz CT molecular complexity index is 7150. The quantitative estimate of drug-likeness (QED) is 0.0310. The first-order valence-corrected chi connectivity index (χ1v) is 45.9. The number of amides is 1. The Morgan fingerprint density at radius 1 is 0.346 bits per heavy atom. The number of benzene rings is 7. The molecule has 133 heavy (non-hydrogen) atoms. The number of ether oxygens (including phenoxy) is 1. The Balaban J connectivity index is 0.000000124. The number of pyridine rings is 5. The monoisotopic (exact) mass is 1850 g/mol. The number of allylic oxidation sites excluding steroid dienone is 3. The van der Waals surface area contributed by atoms with Crippen LogP contribution in [-0.2, 0) is 15.0 Å². The number of methoxy groups -OCH3 is 1. The van der Waals surface area contributed by atoms with E-state index in [4.69, 9.17) is 53.6 Å². The summed E-state index contributed by atoms with van der Waals surface area (Å²) in [6.45, 7) is 26.5. The van der Waals surface area contributed by atoms with Gasteiger partial charge in [0.2, 0.25) is 5.91 Å². The van der Waals surface area contributed by atoms with Crippen molar-refractivity contribution in [1.82, 2.24) is 83.6 Å². The number of fused-ring (bicyclic) bond motifs is 4. The Morgan fingerprint density at radius 3 is 0.970 bits per heavy atom. The summed E-state index contributed by atoms with van der Waals surface area (Å²) in [5.41, 5.74) is 11.6. The van der Waals surface area contributed by atoms with E-state index in [1.807, 2.05) is 213 Å². The molecular formula is C102H102N20O7S4. The Hall–Kier alpha value is -14.8. The van der Waals surface area contributed by atoms with Gasteiger partial charge in [-0.3, -0.25) is 69.6 Å². The van der Waals surface area contributed by atoms with Crippen molar-refractivity contribution in [3.63, 3.8) is 0 Å². The van der Waals surface area contributed by atoms with E-state index < -0.39 is 11.5 Å². The van der Waals surface area contributed by atoms with E-state index in [1.54, 1.807) is 30.9 Å². The highest BCUT2D eigenvalue weighted by Crippen LogP contribution is 2.40. The number of likely N-dealkylation sites (tertiary alicyclic amines) is 1. The minimum absolute atomic E-state index is 0.108. The number of Topliss-reactive ketones (excluding diaryl/α,β-unsaturated/α-hetero) is 1. The van der Waals surface area contributed by atoms with Crippen LogP contribution in [0.15, 0.2) is 336 Å². The normalized spacial score (nSPS) is 15.3. The van der Waals surface area contributed by atoms with Crippen LogP contribution >= 0.6 is 48.9 Å². The maximum absolute atomic E-state index is 14.0. The molecule has 0 saturated carbocycles. The molecular weight excluding hydrogens is 1750 g/mol. The lowest BCUT2D eigenvalue weighted by Crippen LogP contribution is -2.50. The second-order valence-electron chi connectivity index (χ2n) is 33.3. The van der Waals surface area contributed by atoms with Crippen molar-refractivity contribution in [2.24, 2.45) is 0 Å². The molecule has 13 heterocycles. The fourth-order valence-corrected chi connectivity index (χ4v) is 20.1. The average Bonchev–Trinajstić information content (AvgIpc) is 1.74. The second kappa shape index (κ2) is 40.3. The predicted molar refractivity (Wildman–Crippen MR) is 536 cm³/mol. The molecule has 4 unspecified atom stereocenters. The van der Waals surface area contributed by atoms with Crippen molar-refractivity contribution in [3.8, 4) is 5.75 Å². The molecule has 8 N–H and O–H groups in total. The lowest BCUT2D eigenvalue weighted by molar-refractivity contribution is -0.137. The number of hydrogen-bond donors (Lipinski definition) is 8. The fourth-order valence-electron chi connectivity index (χ4n) is 18.7. The summed E-state index contributed by atoms with van der Waals surface area (Å²) in [5.74, 6) is 1.87. The SMILES string of the molecule is C=C(C(c1ccccc1)n1ccc2[nH][nH]c(=O)c2c1=S)N1CCN(c2ccc(OC)cc2)CC1.C=C(C(c1ccccc1)n1ccc2[nH][nH]c(=O)c2c1=S)N1CCN(c2ccccc2)CC1.C=C(C(c1ccccc1)n1ccc2[nH][nH]c(=O)c2c1=S)N1CCN(c2ccccn2)CC1.CC(=O)C1(c2ccccc2)CCN(C(=O)C(c2ccccc2)n2ccc3[nH][nH]c(=O)c3c2=S)CC1. The maximum Gasteiger partial charge on any atom is 0.274 e. The molecule has 4 saturated heterocycles. The molecule has 31 heteroatoms. The number of piperidine rings is 1. The van der Waals surface area contributed by atoms with Gasteiger partial charge in [0.1, 0.15) is 63.5 Å². The number of rotatable bonds is 21. The minimum atomic E-state index is -0.719. The molecule has 7 aromatic carbocycles. The number of piperazine rings is 3. The molecule has 16 aromatic rings. The van der Waals surface area contributed by atoms with Crippen molar-refractivity contribution in [2.75, 3.05) is 113 Å². The number of carbonyl (C=O) groups is 2. The zero-order chi connectivity index (χ0) is 92.4. The standard InChI is InChI=1S/C27H26N4O3S.C26H27N5O2S.C25H25N5OS.C24H24N6OS/c1-18(32)27(20-10-6-3-7-11-20)13-16-30(17-14-27)25(34)23(19-8-4-2-5-9-19)31-15-12-21-22(26(31)35)24(33)29-28-21;1-18(29-14-16-30(17-15-29)20-8-10-21(33-2)11-9-20)24(19-6-4-3-5-7-19)31-13-12-22-23(26(31)34)25(32)28-27-22;1-18(28-14-16-29(17-15-28)20-10-6-3-7-11-20)23(19-8-4-2-5-9-19)30-13-12-21-22(25(30)32)24(31)27-26-21;1-17(28-13-15-29(16-14-28)20-9-5-6-11-25-20)22(18-7-3-2-4-8-18)30-12-10-19-21(24(30)32)23(31)27-26-19/h2-12,15,23H,13-14,16-17H2,1H3,(H2,28,29,33);3-13,24H,1,14-17H2,2H3,(H2,27,28,32);2-13,23H,1,14-17H2,(H2,26,27,31);2-12,22H,1,13-16H2,(H2,26,27,31). The number of ketones is 1. The summed E-state index contributed by atoms with van der Waals surface area (Å²) >= 11 is 23.0. The third-order valence-electron chi connectivity index (χ3n) is 25.9. The van der Waals surface area contributed by atoms with Gasteiger partial charge in [-0.25, -0.2) is 4.98 Å². The number of nitrogens with one attached hydrogen (secondary N) is 8. The third-order valence-corrected chi connectivity index (χ3v) is 27.6. The van der Waals surface area contributed by atoms with E-state index in [1.165, 1.54) is 11.4 Å². The number of nitrogens with zero attached hydrogens (tertiary/aromatic N) is 12. The van der Waals surface area contributed by atoms with Gasteiger partial charge in [0.15, 0.2) is 0 Å². The summed E-state index contributed by atoms with van der Waals surface area (Å²) in [7, 11) is 1.68. The molecule has 4 aliphatic rings. The van der Waals surface area contributed by atoms with E-state index in [0.717, 1.165) is 135 Å². The van der Waals surface area contributed by atoms with Gasteiger partial charge in [-0.1, -0.05) is 245 Å². The van der Waals surface area contributed by atoms with Crippen LogP contribution in [0.1, 0.15) is 71.8 Å². The summed E-state index contributed by atoms with van der Waals surface area (Å²) in [4.78, 5) is 96.6. The highest BCUT2D eigenvalue weighted by atomic mass is 32.1. The first-order valence-electron chi connectivity index (χ1n) is 44.2. The highest BCUT2D eigenvalue weighted by Gasteiger charge is 2.43. The smallest absolute Gasteiger partial charge is 0.274 e. The van der Waals surface area contributed by atoms with E-state index in [2.05, 4.69) is 168 Å². The number of hydrogen-bond acceptors (Lipinski definition) is 18. The number of aromatic amines is 8. The topological polar surface area (TPSA) is 293 Å². The molecule has 0 bridgehead atoms. The molecule has 0 aliphatic carbocycles. The Labute approximate surface area is 786 Å². The molecule has 676 valence electrons. The summed E-state index contributed by atoms with van der Waals surface area (Å²) in [5, 5.41) is 23.8. The third kappa shape index (κ3) is 18.9. The van der Waals surface area contributed by atoms with E-state index in [0.29, 0.717) is 88.1 Å². The van der Waals surface area contributed by atoms with Gasteiger partial charge in [-0.15, -0.1) is 0 Å². The predicted octanol–water partition coefficient (Wildman–Crippen LogP) is 16.5. The number of anilines is 3. The zero-order valence-electron chi connectivity index (χ0n) is 73.7. The van der Waals surface area contributed by atoms with Gasteiger partial charge in [-0.2, -0.15) is 0 Å². The first-order chi connectivity index (χ1) is 64.7. The average molecular weight is 1850 g/mol. The Kier molecular flexibility index (Phi) is 27.3. The molecule has 4 fully saturated rings. The van der Waals surface area contributed by atoms with Crippen LogP contribution in [0, 0.1) is 18.6 Å².